The van der Waals surface area contributed by atoms with Crippen LogP contribution in [0, 0.1) is 0 Å². The minimum absolute atomic E-state index is 0.514. The molecule has 2 heteroatoms. The molecule has 0 amide bonds. The van der Waals surface area contributed by atoms with Crippen LogP contribution in [0.2, 0.25) is 0 Å². The van der Waals surface area contributed by atoms with Gasteiger partial charge in [0, 0.05) is 0 Å². The molecule has 2 N–H and O–H groups in total. The Labute approximate surface area is 43.3 Å². The molecule has 0 aliphatic rings. The molecule has 0 aromatic rings. The summed E-state index contributed by atoms with van der Waals surface area (Å²) in [6.45, 7) is 3.85. The highest BCUT2D eigenvalue weighted by Crippen LogP contribution is 1.71. The van der Waals surface area contributed by atoms with Crippen molar-refractivity contribution in [2.24, 2.45) is 5.73 Å². The maximum atomic E-state index is 4.97. The molecule has 0 saturated heterocycles. The first-order chi connectivity index (χ1) is 3.41. The van der Waals surface area contributed by atoms with Crippen LogP contribution in [0.15, 0.2) is 25.1 Å². The summed E-state index contributed by atoms with van der Waals surface area (Å²) >= 11 is 0. The van der Waals surface area contributed by atoms with Crippen molar-refractivity contribution in [3.8, 4) is 0 Å². The maximum absolute atomic E-state index is 4.97. The smallest absolute Gasteiger partial charge is 0.107 e. The zero-order valence-corrected chi connectivity index (χ0v) is 4.13. The van der Waals surface area contributed by atoms with Crippen molar-refractivity contribution in [3.05, 3.63) is 25.1 Å². The van der Waals surface area contributed by atoms with Crippen molar-refractivity contribution in [2.45, 2.75) is 0 Å². The summed E-state index contributed by atoms with van der Waals surface area (Å²) in [4.78, 5) is 0. The molecule has 0 unspecified atom stereocenters. The third-order valence-corrected chi connectivity index (χ3v) is 0.446. The summed E-state index contributed by atoms with van der Waals surface area (Å²) in [7, 11) is 0. The van der Waals surface area contributed by atoms with Gasteiger partial charge in [-0.2, -0.15) is 0 Å². The van der Waals surface area contributed by atoms with Crippen LogP contribution in [-0.2, 0) is 4.74 Å². The molecule has 0 atom stereocenters. The Morgan fingerprint density at radius 1 is 1.71 bits per heavy atom. The Bertz CT molecular complexity index is 68.5. The Kier molecular flexibility index (Phi) is 4.41. The van der Waals surface area contributed by atoms with Crippen molar-refractivity contribution < 1.29 is 4.74 Å². The SMILES string of the molecule is C=COC/C=C/N. The van der Waals surface area contributed by atoms with Gasteiger partial charge in [-0.25, -0.2) is 0 Å². The van der Waals surface area contributed by atoms with E-state index in [1.165, 1.54) is 12.5 Å². The molecule has 0 aliphatic carbocycles. The Hall–Kier alpha value is -0.920. The van der Waals surface area contributed by atoms with E-state index in [0.717, 1.165) is 0 Å². The second-order valence-corrected chi connectivity index (χ2v) is 0.928. The third kappa shape index (κ3) is 5.08. The van der Waals surface area contributed by atoms with Crippen molar-refractivity contribution in [3.63, 3.8) is 0 Å². The van der Waals surface area contributed by atoms with Gasteiger partial charge in [-0.1, -0.05) is 6.58 Å². The molecule has 0 aromatic carbocycles. The van der Waals surface area contributed by atoms with E-state index >= 15 is 0 Å². The van der Waals surface area contributed by atoms with Gasteiger partial charge in [0.05, 0.1) is 6.26 Å². The third-order valence-electron chi connectivity index (χ3n) is 0.446. The molecule has 0 aliphatic heterocycles. The van der Waals surface area contributed by atoms with Crippen LogP contribution in [0.4, 0.5) is 0 Å². The summed E-state index contributed by atoms with van der Waals surface area (Å²) in [5.41, 5.74) is 4.97. The predicted octanol–water partition coefficient (Wildman–Crippen LogP) is 0.619. The topological polar surface area (TPSA) is 35.2 Å². The van der Waals surface area contributed by atoms with Gasteiger partial charge >= 0.3 is 0 Å². The quantitative estimate of drug-likeness (QED) is 0.416. The fourth-order valence-electron chi connectivity index (χ4n) is 0.179. The second-order valence-electron chi connectivity index (χ2n) is 0.928. The van der Waals surface area contributed by atoms with E-state index in [1.54, 1.807) is 6.08 Å². The largest absolute Gasteiger partial charge is 0.498 e. The van der Waals surface area contributed by atoms with Crippen molar-refractivity contribution >= 4 is 0 Å². The molecule has 0 aromatic heterocycles. The normalized spacial score (nSPS) is 9.14. The zero-order valence-electron chi connectivity index (χ0n) is 4.13. The Morgan fingerprint density at radius 2 is 2.43 bits per heavy atom. The van der Waals surface area contributed by atoms with Crippen LogP contribution in [0.5, 0.6) is 0 Å². The average molecular weight is 99.1 g/mol. The van der Waals surface area contributed by atoms with Crippen LogP contribution >= 0.6 is 0 Å². The molecule has 0 saturated carbocycles. The Morgan fingerprint density at radius 3 is 2.86 bits per heavy atom. The van der Waals surface area contributed by atoms with Gasteiger partial charge in [0.1, 0.15) is 6.61 Å². The first-order valence-corrected chi connectivity index (χ1v) is 2.01. The molecule has 0 rings (SSSR count). The van der Waals surface area contributed by atoms with Gasteiger partial charge in [0.15, 0.2) is 0 Å². The first kappa shape index (κ1) is 6.08. The maximum Gasteiger partial charge on any atom is 0.107 e. The number of rotatable bonds is 3. The Balaban J connectivity index is 2.82. The minimum atomic E-state index is 0.514. The molecule has 40 valence electrons. The molecule has 0 fully saturated rings. The van der Waals surface area contributed by atoms with Gasteiger partial charge in [0.25, 0.3) is 0 Å². The van der Waals surface area contributed by atoms with Crippen molar-refractivity contribution in [2.75, 3.05) is 6.61 Å². The van der Waals surface area contributed by atoms with E-state index in [9.17, 15) is 0 Å². The monoisotopic (exact) mass is 99.1 g/mol. The van der Waals surface area contributed by atoms with Gasteiger partial charge in [-0.15, -0.1) is 0 Å². The van der Waals surface area contributed by atoms with Gasteiger partial charge < -0.3 is 10.5 Å². The lowest BCUT2D eigenvalue weighted by atomic mass is 10.7. The van der Waals surface area contributed by atoms with Gasteiger partial charge in [0.2, 0.25) is 0 Å². The molecule has 0 heterocycles. The van der Waals surface area contributed by atoms with Crippen LogP contribution in [0.25, 0.3) is 0 Å². The molecule has 7 heavy (non-hydrogen) atoms. The average Bonchev–Trinajstić information content (AvgIpc) is 1.69. The molecule has 0 spiro atoms. The van der Waals surface area contributed by atoms with E-state index in [1.807, 2.05) is 0 Å². The van der Waals surface area contributed by atoms with E-state index in [-0.39, 0.29) is 0 Å². The van der Waals surface area contributed by atoms with Crippen LogP contribution in [0.3, 0.4) is 0 Å². The van der Waals surface area contributed by atoms with Crippen LogP contribution in [-0.4, -0.2) is 6.61 Å². The van der Waals surface area contributed by atoms with Crippen LogP contribution < -0.4 is 5.73 Å². The highest BCUT2D eigenvalue weighted by molar-refractivity contribution is 4.75. The fraction of sp³-hybridized carbons (Fsp3) is 0.200. The molecular weight excluding hydrogens is 90.1 g/mol. The lowest BCUT2D eigenvalue weighted by molar-refractivity contribution is 0.291. The molecule has 0 radical (unpaired) electrons. The molecular formula is C5H9NO. The van der Waals surface area contributed by atoms with Crippen LogP contribution in [0.1, 0.15) is 0 Å². The summed E-state index contributed by atoms with van der Waals surface area (Å²) in [5.74, 6) is 0. The van der Waals surface area contributed by atoms with E-state index in [4.69, 9.17) is 5.73 Å². The zero-order chi connectivity index (χ0) is 5.54. The van der Waals surface area contributed by atoms with Crippen molar-refractivity contribution in [1.82, 2.24) is 0 Å². The van der Waals surface area contributed by atoms with Gasteiger partial charge in [-0.05, 0) is 12.3 Å². The summed E-state index contributed by atoms with van der Waals surface area (Å²) in [6, 6.07) is 0. The predicted molar refractivity (Wildman–Crippen MR) is 29.5 cm³/mol. The lowest BCUT2D eigenvalue weighted by Gasteiger charge is -1.87. The highest BCUT2D eigenvalue weighted by Gasteiger charge is 1.65. The summed E-state index contributed by atoms with van der Waals surface area (Å²) < 4.78 is 4.67. The minimum Gasteiger partial charge on any atom is -0.498 e. The number of ether oxygens (including phenoxy) is 1. The van der Waals surface area contributed by atoms with E-state index < -0.39 is 0 Å². The fourth-order valence-corrected chi connectivity index (χ4v) is 0.179. The molecule has 2 nitrogen and oxygen atoms in total. The van der Waals surface area contributed by atoms with E-state index in [0.29, 0.717) is 6.61 Å². The standard InChI is InChI=1S/C5H9NO/c1-2-7-5-3-4-6/h2-4H,1,5-6H2/b4-3+. The van der Waals surface area contributed by atoms with Crippen molar-refractivity contribution in [1.29, 1.82) is 0 Å². The first-order valence-electron chi connectivity index (χ1n) is 2.01. The summed E-state index contributed by atoms with van der Waals surface area (Å²) in [5, 5.41) is 0. The second kappa shape index (κ2) is 5.08. The number of nitrogens with two attached hydrogens (primary N) is 1. The number of hydrogen-bond donors (Lipinski definition) is 1. The van der Waals surface area contributed by atoms with E-state index in [2.05, 4.69) is 11.3 Å². The van der Waals surface area contributed by atoms with Gasteiger partial charge in [-0.3, -0.25) is 0 Å². The lowest BCUT2D eigenvalue weighted by Crippen LogP contribution is -1.82. The highest BCUT2D eigenvalue weighted by atomic mass is 16.5. The summed E-state index contributed by atoms with van der Waals surface area (Å²) in [6.07, 6.45) is 4.51. The number of hydrogen-bond acceptors (Lipinski definition) is 2. The molecule has 0 bridgehead atoms.